The molecule has 0 aliphatic carbocycles. The average molecular weight is 428 g/mol. The number of benzene rings is 2. The molecule has 7 heteroatoms. The SMILES string of the molecule is O=C1NC(=Nc2ccc(Cl)cc2Cl)S/C1=C\c1ccc(Br)cc1. The first kappa shape index (κ1) is 16.6. The van der Waals surface area contributed by atoms with Crippen LogP contribution in [0.25, 0.3) is 6.08 Å². The number of nitrogens with zero attached hydrogens (tertiary/aromatic N) is 1. The van der Waals surface area contributed by atoms with Crippen molar-refractivity contribution in [1.29, 1.82) is 0 Å². The smallest absolute Gasteiger partial charge is 0.264 e. The largest absolute Gasteiger partial charge is 0.300 e. The Morgan fingerprint density at radius 1 is 1.13 bits per heavy atom. The quantitative estimate of drug-likeness (QED) is 0.629. The van der Waals surface area contributed by atoms with E-state index in [1.54, 1.807) is 18.2 Å². The van der Waals surface area contributed by atoms with E-state index in [0.717, 1.165) is 10.0 Å². The summed E-state index contributed by atoms with van der Waals surface area (Å²) in [4.78, 5) is 17.0. The molecule has 116 valence electrons. The van der Waals surface area contributed by atoms with Crippen molar-refractivity contribution in [3.63, 3.8) is 0 Å². The lowest BCUT2D eigenvalue weighted by molar-refractivity contribution is -0.115. The van der Waals surface area contributed by atoms with Crippen molar-refractivity contribution in [3.05, 3.63) is 67.5 Å². The predicted molar refractivity (Wildman–Crippen MR) is 101 cm³/mol. The van der Waals surface area contributed by atoms with Crippen LogP contribution in [-0.4, -0.2) is 11.1 Å². The normalized spacial score (nSPS) is 17.8. The number of carbonyl (C=O) groups is 1. The number of amides is 1. The number of nitrogens with one attached hydrogen (secondary N) is 1. The Balaban J connectivity index is 1.84. The first-order chi connectivity index (χ1) is 11.0. The average Bonchev–Trinajstić information content (AvgIpc) is 2.84. The molecular weight excluding hydrogens is 419 g/mol. The van der Waals surface area contributed by atoms with Crippen LogP contribution in [-0.2, 0) is 4.79 Å². The van der Waals surface area contributed by atoms with Gasteiger partial charge in [-0.2, -0.15) is 0 Å². The Bertz CT molecular complexity index is 834. The highest BCUT2D eigenvalue weighted by Gasteiger charge is 2.24. The Labute approximate surface area is 155 Å². The van der Waals surface area contributed by atoms with Gasteiger partial charge in [0.2, 0.25) is 0 Å². The first-order valence-electron chi connectivity index (χ1n) is 6.51. The summed E-state index contributed by atoms with van der Waals surface area (Å²) in [5.41, 5.74) is 1.50. The van der Waals surface area contributed by atoms with E-state index >= 15 is 0 Å². The number of amidine groups is 1. The van der Waals surface area contributed by atoms with Gasteiger partial charge in [0, 0.05) is 9.50 Å². The van der Waals surface area contributed by atoms with Crippen LogP contribution in [0.15, 0.2) is 56.8 Å². The number of hydrogen-bond acceptors (Lipinski definition) is 3. The summed E-state index contributed by atoms with van der Waals surface area (Å²) in [6.45, 7) is 0. The minimum atomic E-state index is -0.179. The van der Waals surface area contributed by atoms with Gasteiger partial charge >= 0.3 is 0 Å². The first-order valence-corrected chi connectivity index (χ1v) is 8.88. The summed E-state index contributed by atoms with van der Waals surface area (Å²) < 4.78 is 0.989. The Hall–Kier alpha value is -1.27. The van der Waals surface area contributed by atoms with E-state index < -0.39 is 0 Å². The molecule has 3 nitrogen and oxygen atoms in total. The lowest BCUT2D eigenvalue weighted by Gasteiger charge is -1.99. The Morgan fingerprint density at radius 3 is 2.57 bits per heavy atom. The van der Waals surface area contributed by atoms with Crippen molar-refractivity contribution in [2.45, 2.75) is 0 Å². The third-order valence-electron chi connectivity index (χ3n) is 2.95. The van der Waals surface area contributed by atoms with Gasteiger partial charge in [-0.25, -0.2) is 4.99 Å². The van der Waals surface area contributed by atoms with E-state index in [4.69, 9.17) is 23.2 Å². The molecule has 1 heterocycles. The molecule has 1 N–H and O–H groups in total. The number of carbonyl (C=O) groups excluding carboxylic acids is 1. The molecule has 0 atom stereocenters. The van der Waals surface area contributed by atoms with E-state index in [0.29, 0.717) is 25.8 Å². The summed E-state index contributed by atoms with van der Waals surface area (Å²) in [5.74, 6) is -0.179. The van der Waals surface area contributed by atoms with Crippen molar-refractivity contribution in [3.8, 4) is 0 Å². The molecule has 0 saturated carbocycles. The van der Waals surface area contributed by atoms with E-state index in [9.17, 15) is 4.79 Å². The van der Waals surface area contributed by atoms with Gasteiger partial charge in [-0.1, -0.05) is 51.3 Å². The molecule has 1 aliphatic rings. The molecule has 2 aromatic rings. The summed E-state index contributed by atoms with van der Waals surface area (Å²) in [7, 11) is 0. The minimum Gasteiger partial charge on any atom is -0.300 e. The second-order valence-electron chi connectivity index (χ2n) is 4.63. The third kappa shape index (κ3) is 4.18. The van der Waals surface area contributed by atoms with Gasteiger partial charge in [0.1, 0.15) is 0 Å². The highest BCUT2D eigenvalue weighted by molar-refractivity contribution is 9.10. The highest BCUT2D eigenvalue weighted by atomic mass is 79.9. The molecule has 2 aromatic carbocycles. The van der Waals surface area contributed by atoms with Crippen LogP contribution >= 0.6 is 50.9 Å². The van der Waals surface area contributed by atoms with Crippen molar-refractivity contribution < 1.29 is 4.79 Å². The molecule has 1 fully saturated rings. The maximum absolute atomic E-state index is 12.0. The fraction of sp³-hybridized carbons (Fsp3) is 0. The van der Waals surface area contributed by atoms with Gasteiger partial charge < -0.3 is 5.32 Å². The van der Waals surface area contributed by atoms with Gasteiger partial charge in [-0.05, 0) is 53.7 Å². The summed E-state index contributed by atoms with van der Waals surface area (Å²) in [6, 6.07) is 12.7. The van der Waals surface area contributed by atoms with Crippen LogP contribution in [0.5, 0.6) is 0 Å². The second-order valence-corrected chi connectivity index (χ2v) is 7.42. The van der Waals surface area contributed by atoms with E-state index in [1.165, 1.54) is 11.8 Å². The highest BCUT2D eigenvalue weighted by Crippen LogP contribution is 2.32. The van der Waals surface area contributed by atoms with Gasteiger partial charge in [0.05, 0.1) is 15.6 Å². The van der Waals surface area contributed by atoms with Crippen molar-refractivity contribution in [2.75, 3.05) is 0 Å². The standard InChI is InChI=1S/C16H9BrCl2N2OS/c17-10-3-1-9(2-4-10)7-14-15(22)21-16(23-14)20-13-6-5-11(18)8-12(13)19/h1-8H,(H,20,21,22)/b14-7-. The van der Waals surface area contributed by atoms with Crippen molar-refractivity contribution >= 4 is 73.7 Å². The van der Waals surface area contributed by atoms with Gasteiger partial charge in [-0.3, -0.25) is 4.79 Å². The van der Waals surface area contributed by atoms with Crippen molar-refractivity contribution in [2.24, 2.45) is 4.99 Å². The number of thioether (sulfide) groups is 1. The lowest BCUT2D eigenvalue weighted by atomic mass is 10.2. The van der Waals surface area contributed by atoms with Crippen LogP contribution < -0.4 is 5.32 Å². The van der Waals surface area contributed by atoms with Gasteiger partial charge in [-0.15, -0.1) is 0 Å². The van der Waals surface area contributed by atoms with Crippen LogP contribution in [0.3, 0.4) is 0 Å². The van der Waals surface area contributed by atoms with Gasteiger partial charge in [0.15, 0.2) is 5.17 Å². The molecule has 0 spiro atoms. The van der Waals surface area contributed by atoms with Crippen LogP contribution in [0, 0.1) is 0 Å². The Kier molecular flexibility index (Phi) is 5.11. The van der Waals surface area contributed by atoms with Crippen LogP contribution in [0.1, 0.15) is 5.56 Å². The van der Waals surface area contributed by atoms with E-state index in [2.05, 4.69) is 26.2 Å². The lowest BCUT2D eigenvalue weighted by Crippen LogP contribution is -2.19. The molecule has 0 bridgehead atoms. The Morgan fingerprint density at radius 2 is 1.87 bits per heavy atom. The molecular formula is C16H9BrCl2N2OS. The number of halogens is 3. The van der Waals surface area contributed by atoms with Crippen LogP contribution in [0.2, 0.25) is 10.0 Å². The molecule has 1 saturated heterocycles. The second kappa shape index (κ2) is 7.09. The number of hydrogen-bond donors (Lipinski definition) is 1. The molecule has 23 heavy (non-hydrogen) atoms. The summed E-state index contributed by atoms with van der Waals surface area (Å²) in [5, 5.41) is 4.19. The topological polar surface area (TPSA) is 41.5 Å². The zero-order valence-electron chi connectivity index (χ0n) is 11.5. The maximum Gasteiger partial charge on any atom is 0.264 e. The fourth-order valence-corrected chi connectivity index (χ4v) is 3.42. The molecule has 1 amide bonds. The molecule has 3 rings (SSSR count). The van der Waals surface area contributed by atoms with E-state index in [1.807, 2.05) is 30.3 Å². The third-order valence-corrected chi connectivity index (χ3v) is 4.93. The maximum atomic E-state index is 12.0. The molecule has 0 radical (unpaired) electrons. The molecule has 0 aromatic heterocycles. The van der Waals surface area contributed by atoms with E-state index in [-0.39, 0.29) is 5.91 Å². The zero-order valence-corrected chi connectivity index (χ0v) is 15.4. The monoisotopic (exact) mass is 426 g/mol. The van der Waals surface area contributed by atoms with Crippen molar-refractivity contribution in [1.82, 2.24) is 5.32 Å². The molecule has 1 aliphatic heterocycles. The minimum absolute atomic E-state index is 0.179. The number of rotatable bonds is 2. The number of aliphatic imine (C=N–C) groups is 1. The zero-order chi connectivity index (χ0) is 16.4. The fourth-order valence-electron chi connectivity index (χ4n) is 1.87. The molecule has 0 unspecified atom stereocenters. The van der Waals surface area contributed by atoms with Gasteiger partial charge in [0.25, 0.3) is 5.91 Å². The van der Waals surface area contributed by atoms with Crippen LogP contribution in [0.4, 0.5) is 5.69 Å². The summed E-state index contributed by atoms with van der Waals surface area (Å²) in [6.07, 6.45) is 1.82. The predicted octanol–water partition coefficient (Wildman–Crippen LogP) is 5.65. The summed E-state index contributed by atoms with van der Waals surface area (Å²) >= 11 is 16.6.